The maximum Gasteiger partial charge on any atom is 0.408 e. The van der Waals surface area contributed by atoms with Gasteiger partial charge in [-0.05, 0) is 71.9 Å². The van der Waals surface area contributed by atoms with Crippen LogP contribution in [0, 0.1) is 5.92 Å². The molecule has 16 heteroatoms. The molecule has 3 N–H and O–H groups in total. The number of nitrogens with zero attached hydrogens (tertiary/aromatic N) is 4. The van der Waals surface area contributed by atoms with Crippen LogP contribution in [0.4, 0.5) is 4.79 Å². The second-order valence-electron chi connectivity index (χ2n) is 15.2. The molecule has 1 saturated carbocycles. The molecule has 1 saturated heterocycles. The Bertz CT molecular complexity index is 1800. The van der Waals surface area contributed by atoms with Crippen LogP contribution in [0.3, 0.4) is 0 Å². The number of para-hydroxylation sites is 2. The van der Waals surface area contributed by atoms with E-state index in [1.807, 2.05) is 41.0 Å². The van der Waals surface area contributed by atoms with Gasteiger partial charge in [-0.1, -0.05) is 44.1 Å². The first-order valence-corrected chi connectivity index (χ1v) is 19.6. The topological polar surface area (TPSA) is 181 Å². The van der Waals surface area contributed by atoms with Gasteiger partial charge in [0.05, 0.1) is 17.6 Å². The molecule has 3 heterocycles. The van der Waals surface area contributed by atoms with Gasteiger partial charge in [0, 0.05) is 32.5 Å². The smallest absolute Gasteiger partial charge is 0.408 e. The Hall–Kier alpha value is -4.18. The Labute approximate surface area is 306 Å². The minimum absolute atomic E-state index is 0.00463. The molecule has 2 aromatic rings. The summed E-state index contributed by atoms with van der Waals surface area (Å²) in [6.45, 7) is 9.32. The average Bonchev–Trinajstić information content (AvgIpc) is 3.39. The minimum atomic E-state index is -4.16. The van der Waals surface area contributed by atoms with Crippen LogP contribution in [0.5, 0.6) is 6.01 Å². The molecule has 1 aliphatic carbocycles. The summed E-state index contributed by atoms with van der Waals surface area (Å²) in [5, 5.41) is 5.60. The molecule has 5 rings (SSSR count). The Morgan fingerprint density at radius 2 is 1.88 bits per heavy atom. The third-order valence-electron chi connectivity index (χ3n) is 9.91. The molecule has 1 aromatic heterocycles. The number of carbonyl (C=O) groups excluding carboxylic acids is 4. The minimum Gasteiger partial charge on any atom is -0.459 e. The van der Waals surface area contributed by atoms with E-state index >= 15 is 0 Å². The number of alkyl carbamates (subject to hydrolysis) is 1. The third-order valence-corrected chi connectivity index (χ3v) is 11.3. The maximum absolute atomic E-state index is 14.5. The fourth-order valence-corrected chi connectivity index (χ4v) is 7.38. The number of carbonyl (C=O) groups is 4. The van der Waals surface area contributed by atoms with E-state index in [9.17, 15) is 27.6 Å². The summed E-state index contributed by atoms with van der Waals surface area (Å²) in [5.41, 5.74) is -0.702. The number of hydrogen-bond acceptors (Lipinski definition) is 9. The normalized spacial score (nSPS) is 26.4. The molecule has 15 nitrogen and oxygen atoms in total. The van der Waals surface area contributed by atoms with E-state index in [0.29, 0.717) is 25.3 Å². The number of aromatic nitrogens is 2. The Morgan fingerprint density at radius 1 is 1.15 bits per heavy atom. The number of rotatable bonds is 8. The second-order valence-corrected chi connectivity index (χ2v) is 17.1. The summed E-state index contributed by atoms with van der Waals surface area (Å²) in [7, 11) is -1.56. The fraction of sp³-hybridized carbons (Fsp3) is 0.639. The van der Waals surface area contributed by atoms with Crippen molar-refractivity contribution in [2.75, 3.05) is 20.6 Å². The lowest BCUT2D eigenvalue weighted by atomic mass is 10.0. The van der Waals surface area contributed by atoms with E-state index in [1.165, 1.54) is 19.0 Å². The first-order valence-electron chi connectivity index (χ1n) is 18.1. The summed E-state index contributed by atoms with van der Waals surface area (Å²) in [6, 6.07) is 5.98. The van der Waals surface area contributed by atoms with Gasteiger partial charge in [0.25, 0.3) is 11.9 Å². The lowest BCUT2D eigenvalue weighted by molar-refractivity contribution is -0.141. The van der Waals surface area contributed by atoms with Crippen molar-refractivity contribution in [2.24, 2.45) is 5.92 Å². The molecule has 2 fully saturated rings. The molecule has 286 valence electrons. The van der Waals surface area contributed by atoms with Crippen LogP contribution >= 0.6 is 0 Å². The maximum atomic E-state index is 14.5. The molecule has 0 bridgehead atoms. The Kier molecular flexibility index (Phi) is 11.6. The molecule has 0 radical (unpaired) electrons. The summed E-state index contributed by atoms with van der Waals surface area (Å²) in [4.78, 5) is 61.6. The number of amides is 4. The monoisotopic (exact) mass is 743 g/mol. The molecule has 52 heavy (non-hydrogen) atoms. The highest BCUT2D eigenvalue weighted by Gasteiger charge is 2.61. The van der Waals surface area contributed by atoms with Gasteiger partial charge in [-0.25, -0.2) is 9.52 Å². The fourth-order valence-electron chi connectivity index (χ4n) is 6.78. The van der Waals surface area contributed by atoms with E-state index in [2.05, 4.69) is 29.2 Å². The van der Waals surface area contributed by atoms with Crippen LogP contribution in [0.25, 0.3) is 11.0 Å². The van der Waals surface area contributed by atoms with Crippen LogP contribution in [0.15, 0.2) is 36.4 Å². The van der Waals surface area contributed by atoms with Crippen molar-refractivity contribution in [1.82, 2.24) is 34.1 Å². The zero-order valence-electron chi connectivity index (χ0n) is 31.2. The van der Waals surface area contributed by atoms with Gasteiger partial charge in [-0.2, -0.15) is 17.7 Å². The van der Waals surface area contributed by atoms with E-state index in [4.69, 9.17) is 14.5 Å². The van der Waals surface area contributed by atoms with Crippen molar-refractivity contribution in [3.63, 3.8) is 0 Å². The molecule has 0 spiro atoms. The highest BCUT2D eigenvalue weighted by Crippen LogP contribution is 2.46. The van der Waals surface area contributed by atoms with Gasteiger partial charge in [-0.3, -0.25) is 19.0 Å². The van der Waals surface area contributed by atoms with Gasteiger partial charge in [0.15, 0.2) is 0 Å². The molecule has 4 amide bonds. The zero-order valence-corrected chi connectivity index (χ0v) is 32.0. The highest BCUT2D eigenvalue weighted by molar-refractivity contribution is 7.87. The van der Waals surface area contributed by atoms with Crippen LogP contribution in [-0.4, -0.2) is 101 Å². The molecular formula is C36H53N7O8S. The van der Waals surface area contributed by atoms with Crippen LogP contribution < -0.4 is 20.1 Å². The standard InChI is InChI=1S/C36H53N7O8S/c1-8-23(2)43-28-19-15-14-17-26(28)37-33(43)50-25-20-29-30(44)39-36(32(46)40-52(48,49)41(6)7)21-24(36)16-12-10-9-11-13-18-27(31(45)42(29)22-25)38-34(47)51-35(3,4)5/h12,14-17,19,23-25,27,29H,8-11,13,18,20-22H2,1-7H3,(H,38,47)(H,39,44)(H,40,46). The van der Waals surface area contributed by atoms with Gasteiger partial charge < -0.3 is 25.0 Å². The molecule has 1 aromatic carbocycles. The number of ether oxygens (including phenoxy) is 2. The van der Waals surface area contributed by atoms with E-state index in [1.54, 1.807) is 20.8 Å². The lowest BCUT2D eigenvalue weighted by Gasteiger charge is -2.30. The van der Waals surface area contributed by atoms with E-state index in [-0.39, 0.29) is 25.4 Å². The summed E-state index contributed by atoms with van der Waals surface area (Å²) < 4.78 is 42.4. The SMILES string of the molecule is CCC(C)n1c(OC2CC3C(=O)NC4(C(=O)NS(=O)(=O)N(C)C)CC4C=CCCCCCC(NC(=O)OC(C)(C)C)C(=O)N3C2)nc2ccccc21. The summed E-state index contributed by atoms with van der Waals surface area (Å²) >= 11 is 0. The van der Waals surface area contributed by atoms with Crippen molar-refractivity contribution in [3.05, 3.63) is 36.4 Å². The average molecular weight is 744 g/mol. The third kappa shape index (κ3) is 8.71. The highest BCUT2D eigenvalue weighted by atomic mass is 32.2. The quantitative estimate of drug-likeness (QED) is 0.341. The molecule has 2 aliphatic heterocycles. The van der Waals surface area contributed by atoms with E-state index in [0.717, 1.165) is 34.6 Å². The Morgan fingerprint density at radius 3 is 2.58 bits per heavy atom. The molecule has 3 aliphatic rings. The van der Waals surface area contributed by atoms with Gasteiger partial charge >= 0.3 is 16.3 Å². The predicted octanol–water partition coefficient (Wildman–Crippen LogP) is 3.57. The van der Waals surface area contributed by atoms with Crippen molar-refractivity contribution >= 4 is 45.1 Å². The second kappa shape index (κ2) is 15.4. The van der Waals surface area contributed by atoms with Crippen molar-refractivity contribution in [3.8, 4) is 6.01 Å². The number of fused-ring (bicyclic) bond motifs is 3. The van der Waals surface area contributed by atoms with Gasteiger partial charge in [0.1, 0.15) is 29.3 Å². The first-order chi connectivity index (χ1) is 24.5. The van der Waals surface area contributed by atoms with Crippen LogP contribution in [0.1, 0.15) is 92.0 Å². The van der Waals surface area contributed by atoms with Gasteiger partial charge in [0.2, 0.25) is 11.8 Å². The van der Waals surface area contributed by atoms with Crippen molar-refractivity contribution in [2.45, 2.75) is 121 Å². The van der Waals surface area contributed by atoms with E-state index < -0.39 is 69.3 Å². The number of allylic oxidation sites excluding steroid dienone is 1. The van der Waals surface area contributed by atoms with Gasteiger partial charge in [-0.15, -0.1) is 0 Å². The largest absolute Gasteiger partial charge is 0.459 e. The van der Waals surface area contributed by atoms with Crippen molar-refractivity contribution in [1.29, 1.82) is 0 Å². The Balaban J connectivity index is 1.49. The number of benzene rings is 1. The number of nitrogens with one attached hydrogen (secondary N) is 3. The van der Waals surface area contributed by atoms with Crippen molar-refractivity contribution < 1.29 is 37.1 Å². The molecular weight excluding hydrogens is 691 g/mol. The lowest BCUT2D eigenvalue weighted by Crippen LogP contribution is -2.58. The molecule has 6 atom stereocenters. The number of imidazole rings is 1. The van der Waals surface area contributed by atoms with Crippen LogP contribution in [-0.2, 0) is 29.3 Å². The summed E-state index contributed by atoms with van der Waals surface area (Å²) in [5.74, 6) is -2.42. The van der Waals surface area contributed by atoms with Crippen LogP contribution in [0.2, 0.25) is 0 Å². The summed E-state index contributed by atoms with van der Waals surface area (Å²) in [6.07, 6.45) is 6.59. The zero-order chi connectivity index (χ0) is 38.0. The number of hydrogen-bond donors (Lipinski definition) is 3. The predicted molar refractivity (Wildman–Crippen MR) is 194 cm³/mol. The molecule has 6 unspecified atom stereocenters. The first kappa shape index (κ1) is 39.0.